The Morgan fingerprint density at radius 1 is 0.946 bits per heavy atom. The molecular formula is C29H26N2O5S. The number of thioether (sulfide) groups is 1. The van der Waals surface area contributed by atoms with Crippen LogP contribution in [0.3, 0.4) is 0 Å². The predicted molar refractivity (Wildman–Crippen MR) is 140 cm³/mol. The normalized spacial score (nSPS) is 18.6. The number of nitrogens with one attached hydrogen (secondary N) is 1. The molecule has 2 amide bonds. The number of fused-ring (bicyclic) bond motifs is 1. The first-order valence-corrected chi connectivity index (χ1v) is 13.0. The zero-order valence-corrected chi connectivity index (χ0v) is 21.0. The maximum absolute atomic E-state index is 13.5. The number of rotatable bonds is 7. The Hall–Kier alpha value is -4.04. The third kappa shape index (κ3) is 5.24. The fourth-order valence-electron chi connectivity index (χ4n) is 4.40. The minimum absolute atomic E-state index is 0.103. The number of benzene rings is 3. The van der Waals surface area contributed by atoms with Gasteiger partial charge in [0.15, 0.2) is 6.10 Å². The topological polar surface area (TPSA) is 84.9 Å². The Kier molecular flexibility index (Phi) is 7.28. The summed E-state index contributed by atoms with van der Waals surface area (Å²) >= 11 is 1.49. The van der Waals surface area contributed by atoms with E-state index in [9.17, 15) is 14.4 Å². The minimum Gasteiger partial charge on any atom is -0.448 e. The van der Waals surface area contributed by atoms with Crippen LogP contribution in [-0.4, -0.2) is 40.0 Å². The highest BCUT2D eigenvalue weighted by Crippen LogP contribution is 2.41. The number of alkyl carbamates (subject to hydrolysis) is 1. The molecule has 0 spiro atoms. The molecule has 2 atom stereocenters. The van der Waals surface area contributed by atoms with Crippen molar-refractivity contribution in [2.45, 2.75) is 31.1 Å². The molecule has 0 saturated carbocycles. The van der Waals surface area contributed by atoms with E-state index < -0.39 is 29.6 Å². The molecule has 0 aliphatic carbocycles. The number of amides is 2. The summed E-state index contributed by atoms with van der Waals surface area (Å²) in [5.41, 5.74) is 3.50. The van der Waals surface area contributed by atoms with Gasteiger partial charge in [-0.05, 0) is 29.2 Å². The standard InChI is InChI=1S/C29H26N2O5S/c1-19-18-37-27-23(30-29(34)35-17-20-11-5-2-6-12-20)26(32)31(27)24(19)28(33)36-25(21-13-7-3-8-14-21)22-15-9-4-10-16-22/h2-16,23,25,27H,17-18H2,1H3,(H,30,34)/t23-,27+/m1/s1. The molecule has 2 heterocycles. The average Bonchev–Trinajstić information content (AvgIpc) is 2.94. The van der Waals surface area contributed by atoms with Gasteiger partial charge in [-0.1, -0.05) is 91.0 Å². The quantitative estimate of drug-likeness (QED) is 0.360. The van der Waals surface area contributed by atoms with Crippen molar-refractivity contribution >= 4 is 29.7 Å². The number of carbonyl (C=O) groups is 3. The molecule has 7 nitrogen and oxygen atoms in total. The van der Waals surface area contributed by atoms with Crippen molar-refractivity contribution in [3.8, 4) is 0 Å². The first-order chi connectivity index (χ1) is 18.0. The lowest BCUT2D eigenvalue weighted by Gasteiger charge is -2.49. The van der Waals surface area contributed by atoms with Crippen LogP contribution in [0.5, 0.6) is 0 Å². The van der Waals surface area contributed by atoms with E-state index in [1.165, 1.54) is 16.7 Å². The molecule has 188 valence electrons. The van der Waals surface area contributed by atoms with Gasteiger partial charge in [-0.2, -0.15) is 0 Å². The number of ether oxygens (including phenoxy) is 2. The van der Waals surface area contributed by atoms with Crippen LogP contribution in [0.4, 0.5) is 4.79 Å². The Morgan fingerprint density at radius 3 is 2.11 bits per heavy atom. The summed E-state index contributed by atoms with van der Waals surface area (Å²) in [6.07, 6.45) is -1.30. The van der Waals surface area contributed by atoms with Crippen molar-refractivity contribution in [1.29, 1.82) is 0 Å². The summed E-state index contributed by atoms with van der Waals surface area (Å²) in [6.45, 7) is 1.92. The molecule has 0 aromatic heterocycles. The first-order valence-electron chi connectivity index (χ1n) is 12.0. The van der Waals surface area contributed by atoms with Crippen LogP contribution in [0.2, 0.25) is 0 Å². The number of esters is 1. The molecule has 0 bridgehead atoms. The second-order valence-electron chi connectivity index (χ2n) is 8.83. The summed E-state index contributed by atoms with van der Waals surface area (Å²) in [4.78, 5) is 40.4. The van der Waals surface area contributed by atoms with Crippen molar-refractivity contribution < 1.29 is 23.9 Å². The largest absolute Gasteiger partial charge is 0.448 e. The van der Waals surface area contributed by atoms with Crippen molar-refractivity contribution in [2.75, 3.05) is 5.75 Å². The van der Waals surface area contributed by atoms with Crippen molar-refractivity contribution in [2.24, 2.45) is 0 Å². The van der Waals surface area contributed by atoms with Crippen LogP contribution in [0.1, 0.15) is 29.7 Å². The van der Waals surface area contributed by atoms with Gasteiger partial charge in [-0.15, -0.1) is 11.8 Å². The summed E-state index contributed by atoms with van der Waals surface area (Å²) in [7, 11) is 0. The van der Waals surface area contributed by atoms with E-state index in [1.807, 2.05) is 97.9 Å². The van der Waals surface area contributed by atoms with E-state index in [0.29, 0.717) is 5.75 Å². The van der Waals surface area contributed by atoms with Crippen LogP contribution >= 0.6 is 11.8 Å². The third-order valence-corrected chi connectivity index (χ3v) is 7.69. The first kappa shape index (κ1) is 24.6. The average molecular weight is 515 g/mol. The SMILES string of the molecule is CC1=C(C(=O)OC(c2ccccc2)c2ccccc2)N2C(=O)[C@@H](NC(=O)OCc3ccccc3)[C@@H]2SC1. The Balaban J connectivity index is 1.28. The maximum Gasteiger partial charge on any atom is 0.408 e. The van der Waals surface area contributed by atoms with Gasteiger partial charge in [0.25, 0.3) is 5.91 Å². The molecule has 1 fully saturated rings. The minimum atomic E-state index is -0.775. The second kappa shape index (κ2) is 10.9. The van der Waals surface area contributed by atoms with Crippen molar-refractivity contribution in [3.63, 3.8) is 0 Å². The van der Waals surface area contributed by atoms with Gasteiger partial charge in [-0.3, -0.25) is 9.69 Å². The van der Waals surface area contributed by atoms with Crippen molar-refractivity contribution in [3.05, 3.63) is 119 Å². The van der Waals surface area contributed by atoms with Gasteiger partial charge >= 0.3 is 12.1 Å². The fraction of sp³-hybridized carbons (Fsp3) is 0.207. The van der Waals surface area contributed by atoms with E-state index in [-0.39, 0.29) is 18.2 Å². The fourth-order valence-corrected chi connectivity index (χ4v) is 5.69. The molecule has 3 aromatic carbocycles. The Labute approximate surface area is 219 Å². The predicted octanol–water partition coefficient (Wildman–Crippen LogP) is 4.80. The summed E-state index contributed by atoms with van der Waals surface area (Å²) in [5, 5.41) is 2.25. The zero-order chi connectivity index (χ0) is 25.8. The van der Waals surface area contributed by atoms with Crippen molar-refractivity contribution in [1.82, 2.24) is 10.2 Å². The highest BCUT2D eigenvalue weighted by atomic mass is 32.2. The van der Waals surface area contributed by atoms with Crippen LogP contribution in [0.15, 0.2) is 102 Å². The monoisotopic (exact) mass is 514 g/mol. The summed E-state index contributed by atoms with van der Waals surface area (Å²) < 4.78 is 11.3. The molecule has 37 heavy (non-hydrogen) atoms. The number of β-lactam (4-membered cyclic amide) rings is 1. The number of carbonyl (C=O) groups excluding carboxylic acids is 3. The maximum atomic E-state index is 13.5. The van der Waals surface area contributed by atoms with Gasteiger partial charge in [-0.25, -0.2) is 9.59 Å². The van der Waals surface area contributed by atoms with Gasteiger partial charge < -0.3 is 14.8 Å². The van der Waals surface area contributed by atoms with E-state index in [4.69, 9.17) is 9.47 Å². The number of hydrogen-bond donors (Lipinski definition) is 1. The number of hydrogen-bond acceptors (Lipinski definition) is 6. The molecule has 1 saturated heterocycles. The molecule has 0 radical (unpaired) electrons. The highest BCUT2D eigenvalue weighted by molar-refractivity contribution is 8.00. The molecule has 3 aromatic rings. The van der Waals surface area contributed by atoms with Crippen LogP contribution < -0.4 is 5.32 Å². The summed E-state index contributed by atoms with van der Waals surface area (Å²) in [5.74, 6) is -0.396. The summed E-state index contributed by atoms with van der Waals surface area (Å²) in [6, 6.07) is 27.5. The lowest BCUT2D eigenvalue weighted by molar-refractivity contribution is -0.153. The molecule has 5 rings (SSSR count). The van der Waals surface area contributed by atoms with Crippen LogP contribution in [0.25, 0.3) is 0 Å². The molecule has 2 aliphatic rings. The highest BCUT2D eigenvalue weighted by Gasteiger charge is 2.54. The molecular weight excluding hydrogens is 488 g/mol. The van der Waals surface area contributed by atoms with E-state index in [1.54, 1.807) is 0 Å². The van der Waals surface area contributed by atoms with Crippen LogP contribution in [-0.2, 0) is 25.7 Å². The number of nitrogens with zero attached hydrogens (tertiary/aromatic N) is 1. The zero-order valence-electron chi connectivity index (χ0n) is 20.2. The molecule has 0 unspecified atom stereocenters. The van der Waals surface area contributed by atoms with E-state index in [0.717, 1.165) is 22.3 Å². The third-order valence-electron chi connectivity index (χ3n) is 6.27. The smallest absolute Gasteiger partial charge is 0.408 e. The second-order valence-corrected chi connectivity index (χ2v) is 9.93. The van der Waals surface area contributed by atoms with E-state index >= 15 is 0 Å². The van der Waals surface area contributed by atoms with Gasteiger partial charge in [0.2, 0.25) is 0 Å². The lowest BCUT2D eigenvalue weighted by Crippen LogP contribution is -2.70. The molecule has 8 heteroatoms. The van der Waals surface area contributed by atoms with Gasteiger partial charge in [0, 0.05) is 5.75 Å². The van der Waals surface area contributed by atoms with Gasteiger partial charge in [0.1, 0.15) is 23.7 Å². The molecule has 2 aliphatic heterocycles. The van der Waals surface area contributed by atoms with Crippen LogP contribution in [0, 0.1) is 0 Å². The lowest BCUT2D eigenvalue weighted by atomic mass is 10.0. The van der Waals surface area contributed by atoms with Gasteiger partial charge in [0.05, 0.1) is 0 Å². The Bertz CT molecular complexity index is 1270. The molecule has 1 N–H and O–H groups in total. The Morgan fingerprint density at radius 2 is 1.51 bits per heavy atom. The van der Waals surface area contributed by atoms with E-state index in [2.05, 4.69) is 5.32 Å².